The predicted octanol–water partition coefficient (Wildman–Crippen LogP) is 2.63. The number of nitrogens with zero attached hydrogens (tertiary/aromatic N) is 4. The van der Waals surface area contributed by atoms with Crippen molar-refractivity contribution in [3.63, 3.8) is 0 Å². The molecule has 4 aromatic rings. The summed E-state index contributed by atoms with van der Waals surface area (Å²) in [6.45, 7) is 4.40. The van der Waals surface area contributed by atoms with Crippen molar-refractivity contribution in [2.45, 2.75) is 25.3 Å². The second-order valence-corrected chi connectivity index (χ2v) is 8.44. The van der Waals surface area contributed by atoms with Gasteiger partial charge in [0.1, 0.15) is 0 Å². The highest BCUT2D eigenvalue weighted by molar-refractivity contribution is 5.84. The zero-order valence-corrected chi connectivity index (χ0v) is 16.6. The van der Waals surface area contributed by atoms with Gasteiger partial charge in [0.15, 0.2) is 11.5 Å². The summed E-state index contributed by atoms with van der Waals surface area (Å²) in [5.74, 6) is 0.227. The van der Waals surface area contributed by atoms with Crippen molar-refractivity contribution in [1.82, 2.24) is 24.7 Å². The number of piperazine rings is 1. The van der Waals surface area contributed by atoms with Crippen LogP contribution in [-0.4, -0.2) is 44.5 Å². The third-order valence-corrected chi connectivity index (χ3v) is 6.18. The number of halogens is 1. The number of H-pyrrole nitrogens is 1. The van der Waals surface area contributed by atoms with E-state index in [9.17, 15) is 9.18 Å². The Bertz CT molecular complexity index is 1370. The number of aryl methyl sites for hydroxylation is 1. The number of fused-ring (bicyclic) bond motifs is 2. The zero-order valence-electron chi connectivity index (χ0n) is 16.6. The van der Waals surface area contributed by atoms with E-state index in [-0.39, 0.29) is 11.1 Å². The van der Waals surface area contributed by atoms with E-state index in [1.165, 1.54) is 18.9 Å². The molecule has 6 rings (SSSR count). The number of hydrogen-bond donors (Lipinski definition) is 2. The number of aromatic nitrogens is 4. The Labute approximate surface area is 171 Å². The van der Waals surface area contributed by atoms with E-state index in [1.54, 1.807) is 16.7 Å². The first-order valence-corrected chi connectivity index (χ1v) is 10.2. The summed E-state index contributed by atoms with van der Waals surface area (Å²) in [6.07, 6.45) is 5.94. The molecule has 2 N–H and O–H groups in total. The number of anilines is 1. The van der Waals surface area contributed by atoms with E-state index in [2.05, 4.69) is 20.2 Å². The van der Waals surface area contributed by atoms with Crippen LogP contribution in [0.3, 0.4) is 0 Å². The Morgan fingerprint density at radius 3 is 2.83 bits per heavy atom. The van der Waals surface area contributed by atoms with Crippen LogP contribution >= 0.6 is 0 Å². The first-order chi connectivity index (χ1) is 14.5. The minimum Gasteiger partial charge on any atom is -0.339 e. The van der Waals surface area contributed by atoms with Crippen molar-refractivity contribution in [2.75, 3.05) is 24.5 Å². The number of nitrogens with one attached hydrogen (secondary N) is 2. The van der Waals surface area contributed by atoms with Crippen molar-refractivity contribution in [2.24, 2.45) is 0 Å². The van der Waals surface area contributed by atoms with Gasteiger partial charge in [0.25, 0.3) is 5.56 Å². The van der Waals surface area contributed by atoms with E-state index in [4.69, 9.17) is 4.98 Å². The fraction of sp³-hybridized carbons (Fsp3) is 0.318. The molecule has 0 unspecified atom stereocenters. The Kier molecular flexibility index (Phi) is 3.59. The molecule has 7 nitrogen and oxygen atoms in total. The van der Waals surface area contributed by atoms with E-state index in [0.29, 0.717) is 28.1 Å². The van der Waals surface area contributed by atoms with Crippen LogP contribution in [0.4, 0.5) is 10.3 Å². The lowest BCUT2D eigenvalue weighted by Crippen LogP contribution is -2.53. The minimum absolute atomic E-state index is 0.180. The van der Waals surface area contributed by atoms with E-state index in [0.717, 1.165) is 30.9 Å². The van der Waals surface area contributed by atoms with Gasteiger partial charge in [-0.2, -0.15) is 0 Å². The van der Waals surface area contributed by atoms with Crippen LogP contribution in [0.25, 0.3) is 27.7 Å². The van der Waals surface area contributed by atoms with E-state index >= 15 is 0 Å². The highest BCUT2D eigenvalue weighted by Gasteiger charge is 2.45. The number of benzene rings is 1. The van der Waals surface area contributed by atoms with Crippen LogP contribution < -0.4 is 15.8 Å². The van der Waals surface area contributed by atoms with Gasteiger partial charge >= 0.3 is 0 Å². The van der Waals surface area contributed by atoms with Crippen molar-refractivity contribution in [3.8, 4) is 11.1 Å². The highest BCUT2D eigenvalue weighted by Crippen LogP contribution is 2.38. The molecule has 0 amide bonds. The van der Waals surface area contributed by atoms with Crippen LogP contribution in [0.1, 0.15) is 18.5 Å². The fourth-order valence-corrected chi connectivity index (χ4v) is 4.42. The highest BCUT2D eigenvalue weighted by atomic mass is 19.1. The first-order valence-electron chi connectivity index (χ1n) is 10.2. The van der Waals surface area contributed by atoms with Gasteiger partial charge in [-0.1, -0.05) is 6.07 Å². The van der Waals surface area contributed by atoms with Gasteiger partial charge in [-0.15, -0.1) is 0 Å². The van der Waals surface area contributed by atoms with Gasteiger partial charge in [-0.3, -0.25) is 9.78 Å². The number of pyridine rings is 1. The molecule has 0 atom stereocenters. The van der Waals surface area contributed by atoms with Crippen molar-refractivity contribution in [1.29, 1.82) is 0 Å². The summed E-state index contributed by atoms with van der Waals surface area (Å²) in [4.78, 5) is 26.9. The standard InChI is InChI=1S/C22H21FN6O/c1-13-10-29-11-15(9-17(23)19(29)25-13)14-2-3-18-16(8-14)20(30)27-21(26-18)28-7-6-24-22(12-28)4-5-22/h2-3,8-11,24H,4-7,12H2,1H3,(H,26,27,30). The molecule has 2 aliphatic rings. The Morgan fingerprint density at radius 2 is 2.00 bits per heavy atom. The molecule has 30 heavy (non-hydrogen) atoms. The molecule has 0 radical (unpaired) electrons. The molecule has 0 bridgehead atoms. The second kappa shape index (κ2) is 6.12. The third kappa shape index (κ3) is 2.79. The van der Waals surface area contributed by atoms with Gasteiger partial charge in [0.2, 0.25) is 5.95 Å². The van der Waals surface area contributed by atoms with E-state index in [1.807, 2.05) is 25.3 Å². The first kappa shape index (κ1) is 17.6. The zero-order chi connectivity index (χ0) is 20.5. The van der Waals surface area contributed by atoms with Gasteiger partial charge in [-0.25, -0.2) is 14.4 Å². The van der Waals surface area contributed by atoms with Gasteiger partial charge in [0.05, 0.1) is 16.6 Å². The molecular formula is C22H21FN6O. The quantitative estimate of drug-likeness (QED) is 0.537. The molecule has 1 saturated carbocycles. The molecule has 2 fully saturated rings. The summed E-state index contributed by atoms with van der Waals surface area (Å²) in [7, 11) is 0. The fourth-order valence-electron chi connectivity index (χ4n) is 4.42. The molecule has 4 heterocycles. The maximum absolute atomic E-state index is 14.5. The van der Waals surface area contributed by atoms with Crippen molar-refractivity contribution in [3.05, 3.63) is 58.5 Å². The lowest BCUT2D eigenvalue weighted by molar-refractivity contribution is 0.438. The SMILES string of the molecule is Cc1cn2cc(-c3ccc4nc(N5CCNC6(CC6)C5)[nH]c(=O)c4c3)cc(F)c2n1. The van der Waals surface area contributed by atoms with Crippen LogP contribution in [0.2, 0.25) is 0 Å². The summed E-state index contributed by atoms with van der Waals surface area (Å²) >= 11 is 0. The Hall–Kier alpha value is -3.26. The van der Waals surface area contributed by atoms with Gasteiger partial charge < -0.3 is 14.6 Å². The van der Waals surface area contributed by atoms with Crippen LogP contribution in [0.15, 0.2) is 41.5 Å². The van der Waals surface area contributed by atoms with Crippen molar-refractivity contribution < 1.29 is 4.39 Å². The summed E-state index contributed by atoms with van der Waals surface area (Å²) < 4.78 is 16.2. The summed E-state index contributed by atoms with van der Waals surface area (Å²) in [5.41, 5.74) is 3.14. The number of rotatable bonds is 2. The largest absolute Gasteiger partial charge is 0.339 e. The average molecular weight is 404 g/mol. The van der Waals surface area contributed by atoms with E-state index < -0.39 is 5.82 Å². The van der Waals surface area contributed by atoms with Crippen LogP contribution in [0, 0.1) is 12.7 Å². The smallest absolute Gasteiger partial charge is 0.260 e. The monoisotopic (exact) mass is 404 g/mol. The molecule has 152 valence electrons. The molecule has 1 saturated heterocycles. The molecule has 1 aliphatic heterocycles. The number of hydrogen-bond acceptors (Lipinski definition) is 5. The second-order valence-electron chi connectivity index (χ2n) is 8.44. The maximum atomic E-state index is 14.5. The number of aromatic amines is 1. The molecular weight excluding hydrogens is 383 g/mol. The topological polar surface area (TPSA) is 78.3 Å². The maximum Gasteiger partial charge on any atom is 0.260 e. The average Bonchev–Trinajstić information content (AvgIpc) is 3.35. The third-order valence-electron chi connectivity index (χ3n) is 6.18. The Balaban J connectivity index is 1.41. The molecule has 1 aromatic carbocycles. The van der Waals surface area contributed by atoms with Crippen molar-refractivity contribution >= 4 is 22.5 Å². The lowest BCUT2D eigenvalue weighted by atomic mass is 10.1. The minimum atomic E-state index is -0.393. The Morgan fingerprint density at radius 1 is 1.13 bits per heavy atom. The van der Waals surface area contributed by atoms with Crippen LogP contribution in [-0.2, 0) is 0 Å². The molecule has 1 aliphatic carbocycles. The molecule has 8 heteroatoms. The van der Waals surface area contributed by atoms with Gasteiger partial charge in [0, 0.05) is 43.1 Å². The number of imidazole rings is 1. The molecule has 1 spiro atoms. The van der Waals surface area contributed by atoms with Gasteiger partial charge in [-0.05, 0) is 43.5 Å². The molecule has 3 aromatic heterocycles. The summed E-state index contributed by atoms with van der Waals surface area (Å²) in [6, 6.07) is 6.94. The van der Waals surface area contributed by atoms with Crippen LogP contribution in [0.5, 0.6) is 0 Å². The predicted molar refractivity (Wildman–Crippen MR) is 113 cm³/mol. The normalized spacial score (nSPS) is 17.9. The summed E-state index contributed by atoms with van der Waals surface area (Å²) in [5, 5.41) is 4.06. The lowest BCUT2D eigenvalue weighted by Gasteiger charge is -2.34.